The van der Waals surface area contributed by atoms with Crippen molar-refractivity contribution in [2.75, 3.05) is 6.54 Å². The number of rotatable bonds is 5. The maximum absolute atomic E-state index is 12.6. The van der Waals surface area contributed by atoms with Crippen molar-refractivity contribution in [2.45, 2.75) is 29.1 Å². The first kappa shape index (κ1) is 23.0. The minimum atomic E-state index is -4.76. The Labute approximate surface area is 198 Å². The fraction of sp³-hybridized carbons (Fsp3) is 0.400. The Morgan fingerprint density at radius 3 is 2.63 bits per heavy atom. The van der Waals surface area contributed by atoms with Gasteiger partial charge in [0.15, 0.2) is 0 Å². The van der Waals surface area contributed by atoms with Gasteiger partial charge in [0.25, 0.3) is 5.91 Å². The molecule has 2 aliphatic heterocycles. The molecule has 2 fully saturated rings. The summed E-state index contributed by atoms with van der Waals surface area (Å²) in [5.41, 5.74) is 0.771. The second-order valence-corrected chi connectivity index (χ2v) is 8.98. The van der Waals surface area contributed by atoms with E-state index in [1.165, 1.54) is 9.58 Å². The summed E-state index contributed by atoms with van der Waals surface area (Å²) >= 11 is 1.11. The van der Waals surface area contributed by atoms with Crippen LogP contribution in [0.5, 0.6) is 0 Å². The molecule has 2 aliphatic rings. The molecule has 0 radical (unpaired) electrons. The van der Waals surface area contributed by atoms with Crippen LogP contribution in [-0.4, -0.2) is 108 Å². The number of aromatic nitrogens is 4. The Balaban J connectivity index is 0.00000256. The van der Waals surface area contributed by atoms with Gasteiger partial charge in [0.1, 0.15) is 12.6 Å². The third-order valence-corrected chi connectivity index (χ3v) is 6.89. The van der Waals surface area contributed by atoms with Crippen LogP contribution in [0.3, 0.4) is 0 Å². The number of β-lactam (4-membered cyclic amide) rings is 1. The van der Waals surface area contributed by atoms with Crippen LogP contribution in [0.2, 0.25) is 0 Å². The van der Waals surface area contributed by atoms with Crippen molar-refractivity contribution in [1.29, 1.82) is 0 Å². The summed E-state index contributed by atoms with van der Waals surface area (Å²) in [6, 6.07) is 7.02. The molecular formula is C15H17N6NaO6S2. The van der Waals surface area contributed by atoms with Gasteiger partial charge in [-0.2, -0.15) is 8.42 Å². The van der Waals surface area contributed by atoms with Gasteiger partial charge in [-0.1, -0.05) is 42.1 Å². The van der Waals surface area contributed by atoms with Crippen LogP contribution >= 0.6 is 11.8 Å². The van der Waals surface area contributed by atoms with E-state index in [1.54, 1.807) is 31.3 Å². The average Bonchev–Trinajstić information content (AvgIpc) is 3.21. The number of benzene rings is 1. The Morgan fingerprint density at radius 2 is 2.03 bits per heavy atom. The molecule has 0 saturated carbocycles. The number of hydrogen-bond donors (Lipinski definition) is 1. The molecule has 4 rings (SSSR count). The van der Waals surface area contributed by atoms with Gasteiger partial charge in [-0.05, 0) is 16.0 Å². The molecule has 0 spiro atoms. The molecule has 0 unspecified atom stereocenters. The number of fused-ring (bicyclic) bond motifs is 1. The molecule has 3 atom stereocenters. The molecule has 30 heavy (non-hydrogen) atoms. The van der Waals surface area contributed by atoms with Crippen LogP contribution in [0.1, 0.15) is 5.56 Å². The molecular weight excluding hydrogens is 447 g/mol. The maximum atomic E-state index is 12.6. The zero-order valence-electron chi connectivity index (χ0n) is 15.0. The number of ether oxygens (including phenoxy) is 1. The topological polar surface area (TPSA) is 148 Å². The van der Waals surface area contributed by atoms with Crippen molar-refractivity contribution >= 4 is 63.6 Å². The Bertz CT molecular complexity index is 1050. The van der Waals surface area contributed by atoms with Crippen molar-refractivity contribution in [1.82, 2.24) is 29.4 Å². The first-order valence-corrected chi connectivity index (χ1v) is 10.7. The number of nitrogens with zero attached hydrogens (tertiary/aromatic N) is 6. The van der Waals surface area contributed by atoms with Gasteiger partial charge < -0.3 is 4.74 Å². The van der Waals surface area contributed by atoms with Crippen LogP contribution in [0, 0.1) is 0 Å². The van der Waals surface area contributed by atoms with Gasteiger partial charge in [-0.3, -0.25) is 14.2 Å². The van der Waals surface area contributed by atoms with E-state index in [1.807, 2.05) is 6.07 Å². The van der Waals surface area contributed by atoms with Crippen molar-refractivity contribution in [2.24, 2.45) is 7.05 Å². The molecule has 1 N–H and O–H groups in total. The fourth-order valence-electron chi connectivity index (χ4n) is 3.38. The van der Waals surface area contributed by atoms with E-state index in [4.69, 9.17) is 4.74 Å². The number of hydrogen-bond acceptors (Lipinski definition) is 9. The van der Waals surface area contributed by atoms with E-state index in [0.717, 1.165) is 17.3 Å². The molecule has 15 heteroatoms. The molecule has 1 aromatic heterocycles. The molecule has 2 aromatic rings. The van der Waals surface area contributed by atoms with E-state index < -0.39 is 39.6 Å². The van der Waals surface area contributed by atoms with E-state index >= 15 is 0 Å². The molecule has 12 nitrogen and oxygen atoms in total. The Morgan fingerprint density at radius 1 is 1.33 bits per heavy atom. The second-order valence-electron chi connectivity index (χ2n) is 6.48. The SMILES string of the molecule is Cn1nnnc1S[C@@H]1CN(C(=O)OCc2ccccc2)[C@@H]2C(=O)N(S(=O)(=O)O)[C@@H]21.[NaH]. The Hall–Kier alpha value is -1.71. The number of likely N-dealkylation sites (tertiary alicyclic amines) is 1. The third kappa shape index (κ3) is 4.20. The van der Waals surface area contributed by atoms with Crippen LogP contribution in [0.25, 0.3) is 0 Å². The zero-order chi connectivity index (χ0) is 20.8. The van der Waals surface area contributed by atoms with Gasteiger partial charge in [-0.25, -0.2) is 13.8 Å². The number of amides is 2. The van der Waals surface area contributed by atoms with E-state index in [0.29, 0.717) is 9.46 Å². The van der Waals surface area contributed by atoms with E-state index in [-0.39, 0.29) is 42.7 Å². The van der Waals surface area contributed by atoms with Gasteiger partial charge >= 0.3 is 46.0 Å². The normalized spacial score (nSPS) is 22.9. The molecule has 0 aliphatic carbocycles. The third-order valence-electron chi connectivity index (χ3n) is 4.68. The number of carbonyl (C=O) groups is 2. The quantitative estimate of drug-likeness (QED) is 0.334. The summed E-state index contributed by atoms with van der Waals surface area (Å²) in [5.74, 6) is -0.881. The average molecular weight is 464 g/mol. The Kier molecular flexibility index (Phi) is 6.74. The number of carbonyl (C=O) groups excluding carboxylic acids is 2. The van der Waals surface area contributed by atoms with Crippen LogP contribution < -0.4 is 0 Å². The van der Waals surface area contributed by atoms with Crippen molar-refractivity contribution in [3.05, 3.63) is 35.9 Å². The van der Waals surface area contributed by atoms with E-state index in [9.17, 15) is 22.6 Å². The predicted molar refractivity (Wildman–Crippen MR) is 105 cm³/mol. The molecule has 2 saturated heterocycles. The van der Waals surface area contributed by atoms with Crippen molar-refractivity contribution in [3.63, 3.8) is 0 Å². The van der Waals surface area contributed by atoms with Gasteiger partial charge in [0.05, 0.1) is 11.3 Å². The monoisotopic (exact) mass is 464 g/mol. The summed E-state index contributed by atoms with van der Waals surface area (Å²) in [5, 5.41) is 10.8. The minimum absolute atomic E-state index is 0. The summed E-state index contributed by atoms with van der Waals surface area (Å²) in [4.78, 5) is 26.1. The van der Waals surface area contributed by atoms with Crippen LogP contribution in [-0.2, 0) is 33.5 Å². The molecule has 0 bridgehead atoms. The van der Waals surface area contributed by atoms with Crippen molar-refractivity contribution < 1.29 is 27.3 Å². The molecule has 1 aromatic carbocycles. The molecule has 3 heterocycles. The summed E-state index contributed by atoms with van der Waals surface area (Å²) < 4.78 is 39.8. The number of thioether (sulfide) groups is 1. The van der Waals surface area contributed by atoms with Gasteiger partial charge in [-0.15, -0.1) is 5.10 Å². The van der Waals surface area contributed by atoms with Crippen LogP contribution in [0.15, 0.2) is 35.5 Å². The zero-order valence-corrected chi connectivity index (χ0v) is 16.7. The second kappa shape index (κ2) is 8.80. The van der Waals surface area contributed by atoms with Crippen LogP contribution in [0.4, 0.5) is 4.79 Å². The van der Waals surface area contributed by atoms with Gasteiger partial charge in [0, 0.05) is 13.6 Å². The molecule has 156 valence electrons. The predicted octanol–water partition coefficient (Wildman–Crippen LogP) is -0.943. The summed E-state index contributed by atoms with van der Waals surface area (Å²) in [6.07, 6.45) is -0.744. The summed E-state index contributed by atoms with van der Waals surface area (Å²) in [7, 11) is -3.16. The number of tetrazole rings is 1. The van der Waals surface area contributed by atoms with E-state index in [2.05, 4.69) is 15.5 Å². The fourth-order valence-corrected chi connectivity index (χ4v) is 5.55. The number of aryl methyl sites for hydroxylation is 1. The van der Waals surface area contributed by atoms with Crippen molar-refractivity contribution in [3.8, 4) is 0 Å². The summed E-state index contributed by atoms with van der Waals surface area (Å²) in [6.45, 7) is 0.0347. The first-order chi connectivity index (χ1) is 13.8. The first-order valence-electron chi connectivity index (χ1n) is 8.44. The molecule has 2 amide bonds. The van der Waals surface area contributed by atoms with Gasteiger partial charge in [0.2, 0.25) is 5.16 Å². The standard InChI is InChI=1S/C15H16N6O6S2.Na.H/c1-19-14(16-17-18-19)28-10-7-20(12-11(10)21(13(12)22)29(24,25)26)15(23)27-8-9-5-3-2-4-6-9;;/h2-6,10-12H,7-8H2,1H3,(H,24,25,26);;/t10-,11-,12+;;/m1../s1.